The first kappa shape index (κ1) is 17.0. The highest BCUT2D eigenvalue weighted by Crippen LogP contribution is 2.20. The Morgan fingerprint density at radius 1 is 1.45 bits per heavy atom. The van der Waals surface area contributed by atoms with Crippen LogP contribution >= 0.6 is 12.2 Å². The topological polar surface area (TPSA) is 72.6 Å². The van der Waals surface area contributed by atoms with Crippen molar-refractivity contribution in [2.75, 3.05) is 26.8 Å². The van der Waals surface area contributed by atoms with E-state index in [0.29, 0.717) is 30.9 Å². The number of benzene rings is 1. The number of aryl methyl sites for hydroxylation is 1. The Hall–Kier alpha value is -1.02. The summed E-state index contributed by atoms with van der Waals surface area (Å²) >= 11 is 4.89. The molecule has 0 aliphatic heterocycles. The van der Waals surface area contributed by atoms with Gasteiger partial charge in [-0.05, 0) is 25.5 Å². The minimum atomic E-state index is -3.57. The molecule has 0 heterocycles. The van der Waals surface area contributed by atoms with E-state index in [-0.39, 0.29) is 9.88 Å². The van der Waals surface area contributed by atoms with Gasteiger partial charge < -0.3 is 10.5 Å². The van der Waals surface area contributed by atoms with E-state index in [1.165, 1.54) is 17.4 Å². The summed E-state index contributed by atoms with van der Waals surface area (Å²) in [5, 5.41) is 0. The Balaban J connectivity index is 3.08. The van der Waals surface area contributed by atoms with E-state index in [1.54, 1.807) is 19.1 Å². The van der Waals surface area contributed by atoms with Crippen LogP contribution in [0.15, 0.2) is 23.1 Å². The first-order valence-corrected chi connectivity index (χ1v) is 8.10. The van der Waals surface area contributed by atoms with E-state index in [2.05, 4.69) is 0 Å². The Kier molecular flexibility index (Phi) is 6.07. The molecule has 0 saturated heterocycles. The van der Waals surface area contributed by atoms with Crippen molar-refractivity contribution >= 4 is 27.2 Å². The Morgan fingerprint density at radius 3 is 2.65 bits per heavy atom. The number of ether oxygens (including phenoxy) is 1. The van der Waals surface area contributed by atoms with E-state index in [4.69, 9.17) is 22.7 Å². The average molecular weight is 316 g/mol. The highest BCUT2D eigenvalue weighted by atomic mass is 32.2. The van der Waals surface area contributed by atoms with Gasteiger partial charge in [0.15, 0.2) is 0 Å². The van der Waals surface area contributed by atoms with Crippen molar-refractivity contribution in [2.24, 2.45) is 5.73 Å². The lowest BCUT2D eigenvalue weighted by molar-refractivity contribution is 0.138. The summed E-state index contributed by atoms with van der Waals surface area (Å²) in [6.07, 6.45) is 0. The van der Waals surface area contributed by atoms with Crippen LogP contribution in [0.25, 0.3) is 0 Å². The smallest absolute Gasteiger partial charge is 0.243 e. The summed E-state index contributed by atoms with van der Waals surface area (Å²) in [4.78, 5) is 0.403. The van der Waals surface area contributed by atoms with Crippen LogP contribution in [0.5, 0.6) is 0 Å². The zero-order valence-corrected chi connectivity index (χ0v) is 13.6. The molecule has 0 atom stereocenters. The van der Waals surface area contributed by atoms with E-state index >= 15 is 0 Å². The predicted octanol–water partition coefficient (Wildman–Crippen LogP) is 1.29. The molecular weight excluding hydrogens is 296 g/mol. The molecule has 2 N–H and O–H groups in total. The van der Waals surface area contributed by atoms with Crippen molar-refractivity contribution in [3.8, 4) is 0 Å². The SMILES string of the molecule is CCOCCN(C)S(=O)(=O)c1cc(C(N)=S)ccc1C. The van der Waals surface area contributed by atoms with E-state index in [9.17, 15) is 8.42 Å². The molecule has 112 valence electrons. The summed E-state index contributed by atoms with van der Waals surface area (Å²) in [6.45, 7) is 4.83. The lowest BCUT2D eigenvalue weighted by Crippen LogP contribution is -2.31. The monoisotopic (exact) mass is 316 g/mol. The summed E-state index contributed by atoms with van der Waals surface area (Å²) in [6, 6.07) is 4.94. The molecular formula is C13H20N2O3S2. The number of hydrogen-bond donors (Lipinski definition) is 1. The molecule has 0 bridgehead atoms. The van der Waals surface area contributed by atoms with Crippen LogP contribution in [-0.4, -0.2) is 44.5 Å². The minimum Gasteiger partial charge on any atom is -0.389 e. The van der Waals surface area contributed by atoms with E-state index in [1.807, 2.05) is 6.92 Å². The number of likely N-dealkylation sites (N-methyl/N-ethyl adjacent to an activating group) is 1. The molecule has 7 heteroatoms. The first-order valence-electron chi connectivity index (χ1n) is 6.25. The summed E-state index contributed by atoms with van der Waals surface area (Å²) in [5.74, 6) is 0. The Morgan fingerprint density at radius 2 is 2.10 bits per heavy atom. The third-order valence-corrected chi connectivity index (χ3v) is 5.15. The molecule has 20 heavy (non-hydrogen) atoms. The lowest BCUT2D eigenvalue weighted by atomic mass is 10.1. The zero-order chi connectivity index (χ0) is 15.3. The maximum Gasteiger partial charge on any atom is 0.243 e. The summed E-state index contributed by atoms with van der Waals surface area (Å²) < 4.78 is 31.5. The molecule has 0 unspecified atom stereocenters. The van der Waals surface area contributed by atoms with Gasteiger partial charge in [-0.15, -0.1) is 0 Å². The van der Waals surface area contributed by atoms with Crippen LogP contribution in [0.2, 0.25) is 0 Å². The van der Waals surface area contributed by atoms with Gasteiger partial charge in [0.1, 0.15) is 4.99 Å². The van der Waals surface area contributed by atoms with Crippen molar-refractivity contribution in [1.29, 1.82) is 0 Å². The highest BCUT2D eigenvalue weighted by molar-refractivity contribution is 7.89. The van der Waals surface area contributed by atoms with Crippen LogP contribution in [0.4, 0.5) is 0 Å². The molecule has 0 radical (unpaired) electrons. The Labute approximate surface area is 125 Å². The molecule has 0 aliphatic carbocycles. The van der Waals surface area contributed by atoms with Crippen LogP contribution < -0.4 is 5.73 Å². The predicted molar refractivity (Wildman–Crippen MR) is 83.4 cm³/mol. The summed E-state index contributed by atoms with van der Waals surface area (Å²) in [7, 11) is -2.04. The van der Waals surface area contributed by atoms with E-state index in [0.717, 1.165) is 0 Å². The van der Waals surface area contributed by atoms with Crippen molar-refractivity contribution < 1.29 is 13.2 Å². The summed E-state index contributed by atoms with van der Waals surface area (Å²) in [5.41, 5.74) is 6.76. The van der Waals surface area contributed by atoms with Crippen LogP contribution in [0.1, 0.15) is 18.1 Å². The van der Waals surface area contributed by atoms with Gasteiger partial charge in [0.2, 0.25) is 10.0 Å². The maximum atomic E-state index is 12.5. The largest absolute Gasteiger partial charge is 0.389 e. The normalized spacial score (nSPS) is 11.8. The maximum absolute atomic E-state index is 12.5. The number of nitrogens with zero attached hydrogens (tertiary/aromatic N) is 1. The van der Waals surface area contributed by atoms with Crippen LogP contribution in [0, 0.1) is 6.92 Å². The first-order chi connectivity index (χ1) is 9.30. The van der Waals surface area contributed by atoms with Gasteiger partial charge in [-0.2, -0.15) is 4.31 Å². The standard InChI is InChI=1S/C13H20N2O3S2/c1-4-18-8-7-15(3)20(16,17)12-9-11(13(14)19)6-5-10(12)2/h5-6,9H,4,7-8H2,1-3H3,(H2,14,19). The van der Waals surface area contributed by atoms with Gasteiger partial charge in [-0.1, -0.05) is 24.4 Å². The molecule has 1 aromatic carbocycles. The second-order valence-electron chi connectivity index (χ2n) is 4.37. The molecule has 0 saturated carbocycles. The van der Waals surface area contributed by atoms with Gasteiger partial charge in [0, 0.05) is 25.8 Å². The fourth-order valence-corrected chi connectivity index (χ4v) is 3.19. The second-order valence-corrected chi connectivity index (χ2v) is 6.82. The van der Waals surface area contributed by atoms with Gasteiger partial charge in [-0.25, -0.2) is 8.42 Å². The number of hydrogen-bond acceptors (Lipinski definition) is 4. The van der Waals surface area contributed by atoms with Crippen molar-refractivity contribution in [2.45, 2.75) is 18.7 Å². The Bertz CT molecular complexity index is 585. The second kappa shape index (κ2) is 7.12. The molecule has 1 aromatic rings. The van der Waals surface area contributed by atoms with Crippen molar-refractivity contribution in [3.63, 3.8) is 0 Å². The number of sulfonamides is 1. The molecule has 0 fully saturated rings. The number of thiocarbonyl (C=S) groups is 1. The van der Waals surface area contributed by atoms with Gasteiger partial charge in [0.05, 0.1) is 11.5 Å². The third kappa shape index (κ3) is 3.99. The zero-order valence-electron chi connectivity index (χ0n) is 11.9. The van der Waals surface area contributed by atoms with Gasteiger partial charge >= 0.3 is 0 Å². The molecule has 0 aliphatic rings. The third-order valence-electron chi connectivity index (χ3n) is 2.92. The number of rotatable bonds is 7. The van der Waals surface area contributed by atoms with Crippen molar-refractivity contribution in [3.05, 3.63) is 29.3 Å². The van der Waals surface area contributed by atoms with E-state index < -0.39 is 10.0 Å². The molecule has 5 nitrogen and oxygen atoms in total. The quantitative estimate of drug-likeness (QED) is 0.606. The average Bonchev–Trinajstić information content (AvgIpc) is 2.38. The van der Waals surface area contributed by atoms with Gasteiger partial charge in [0.25, 0.3) is 0 Å². The highest BCUT2D eigenvalue weighted by Gasteiger charge is 2.23. The molecule has 0 aromatic heterocycles. The van der Waals surface area contributed by atoms with Crippen LogP contribution in [0.3, 0.4) is 0 Å². The van der Waals surface area contributed by atoms with Crippen LogP contribution in [-0.2, 0) is 14.8 Å². The fraction of sp³-hybridized carbons (Fsp3) is 0.462. The van der Waals surface area contributed by atoms with Crippen molar-refractivity contribution in [1.82, 2.24) is 4.31 Å². The molecule has 0 spiro atoms. The minimum absolute atomic E-state index is 0.179. The number of nitrogens with two attached hydrogens (primary N) is 1. The fourth-order valence-electron chi connectivity index (χ4n) is 1.66. The molecule has 1 rings (SSSR count). The van der Waals surface area contributed by atoms with Gasteiger partial charge in [-0.3, -0.25) is 0 Å². The lowest BCUT2D eigenvalue weighted by Gasteiger charge is -2.19. The molecule has 0 amide bonds.